The standard InChI is InChI=1S/C11H14F3NO.ClH/c1-7-4-2-3-5-8(7)9(16)6-10(15)11(12,13)14;/h2-5,9-10,16H,6,15H2,1H3;1H/t9-,10+;/m1./s1. The lowest BCUT2D eigenvalue weighted by Gasteiger charge is -2.20. The molecule has 0 saturated carbocycles. The van der Waals surface area contributed by atoms with Crippen LogP contribution in [0.2, 0.25) is 0 Å². The molecule has 2 nitrogen and oxygen atoms in total. The minimum atomic E-state index is -4.47. The summed E-state index contributed by atoms with van der Waals surface area (Å²) in [6, 6.07) is 4.77. The number of rotatable bonds is 3. The molecule has 0 aromatic heterocycles. The first-order chi connectivity index (χ1) is 7.32. The molecule has 0 spiro atoms. The third-order valence-corrected chi connectivity index (χ3v) is 2.45. The molecule has 0 saturated heterocycles. The number of hydrogen-bond donors (Lipinski definition) is 2. The molecule has 1 aromatic rings. The second-order valence-electron chi connectivity index (χ2n) is 3.76. The van der Waals surface area contributed by atoms with Gasteiger partial charge >= 0.3 is 6.18 Å². The van der Waals surface area contributed by atoms with E-state index in [1.54, 1.807) is 31.2 Å². The Bertz CT molecular complexity index is 357. The first kappa shape index (κ1) is 16.2. The highest BCUT2D eigenvalue weighted by Crippen LogP contribution is 2.27. The van der Waals surface area contributed by atoms with Gasteiger partial charge in [0.05, 0.1) is 6.10 Å². The molecule has 0 amide bonds. The average molecular weight is 270 g/mol. The maximum atomic E-state index is 12.2. The summed E-state index contributed by atoms with van der Waals surface area (Å²) in [7, 11) is 0. The average Bonchev–Trinajstić information content (AvgIpc) is 2.16. The van der Waals surface area contributed by atoms with Crippen molar-refractivity contribution in [1.82, 2.24) is 0 Å². The van der Waals surface area contributed by atoms with Gasteiger partial charge in [-0.1, -0.05) is 24.3 Å². The van der Waals surface area contributed by atoms with E-state index in [1.165, 1.54) is 0 Å². The molecule has 2 atom stereocenters. The van der Waals surface area contributed by atoms with Crippen molar-refractivity contribution in [3.05, 3.63) is 35.4 Å². The predicted octanol–water partition coefficient (Wildman–Crippen LogP) is 2.73. The molecule has 0 aliphatic carbocycles. The second-order valence-corrected chi connectivity index (χ2v) is 3.76. The lowest BCUT2D eigenvalue weighted by Crippen LogP contribution is -2.38. The zero-order valence-corrected chi connectivity index (χ0v) is 10.1. The van der Waals surface area contributed by atoms with Gasteiger partial charge in [-0.25, -0.2) is 0 Å². The Morgan fingerprint density at radius 2 is 1.82 bits per heavy atom. The summed E-state index contributed by atoms with van der Waals surface area (Å²) in [5.74, 6) is 0. The summed E-state index contributed by atoms with van der Waals surface area (Å²) in [4.78, 5) is 0. The number of aliphatic hydroxyl groups is 1. The Morgan fingerprint density at radius 3 is 2.29 bits per heavy atom. The van der Waals surface area contributed by atoms with Crippen LogP contribution >= 0.6 is 12.4 Å². The molecule has 0 fully saturated rings. The molecule has 3 N–H and O–H groups in total. The summed E-state index contributed by atoms with van der Waals surface area (Å²) < 4.78 is 36.6. The van der Waals surface area contributed by atoms with Crippen LogP contribution in [0.3, 0.4) is 0 Å². The summed E-state index contributed by atoms with van der Waals surface area (Å²) in [6.45, 7) is 1.73. The van der Waals surface area contributed by atoms with Gasteiger partial charge in [-0.3, -0.25) is 0 Å². The van der Waals surface area contributed by atoms with Gasteiger partial charge in [-0.2, -0.15) is 13.2 Å². The van der Waals surface area contributed by atoms with Gasteiger partial charge in [0.1, 0.15) is 6.04 Å². The fourth-order valence-electron chi connectivity index (χ4n) is 1.46. The molecule has 0 unspecified atom stereocenters. The minimum absolute atomic E-state index is 0. The molecule has 98 valence electrons. The van der Waals surface area contributed by atoms with Crippen molar-refractivity contribution in [3.63, 3.8) is 0 Å². The molecule has 0 bridgehead atoms. The SMILES string of the molecule is Cc1ccccc1[C@H](O)C[C@H](N)C(F)(F)F.Cl. The highest BCUT2D eigenvalue weighted by Gasteiger charge is 2.38. The summed E-state index contributed by atoms with van der Waals surface area (Å²) in [5.41, 5.74) is 6.20. The Kier molecular flexibility index (Phi) is 5.95. The van der Waals surface area contributed by atoms with Crippen molar-refractivity contribution >= 4 is 12.4 Å². The molecule has 0 aliphatic heterocycles. The number of nitrogens with two attached hydrogens (primary N) is 1. The van der Waals surface area contributed by atoms with Crippen molar-refractivity contribution in [2.45, 2.75) is 31.7 Å². The maximum Gasteiger partial charge on any atom is 0.403 e. The Morgan fingerprint density at radius 1 is 1.29 bits per heavy atom. The molecule has 0 radical (unpaired) electrons. The summed E-state index contributed by atoms with van der Waals surface area (Å²) >= 11 is 0. The number of benzene rings is 1. The number of aliphatic hydroxyl groups excluding tert-OH is 1. The van der Waals surface area contributed by atoms with Crippen LogP contribution in [0.4, 0.5) is 13.2 Å². The van der Waals surface area contributed by atoms with Gasteiger partial charge in [-0.05, 0) is 18.1 Å². The van der Waals surface area contributed by atoms with Crippen molar-refractivity contribution in [2.24, 2.45) is 5.73 Å². The van der Waals surface area contributed by atoms with E-state index < -0.39 is 24.7 Å². The zero-order chi connectivity index (χ0) is 12.3. The highest BCUT2D eigenvalue weighted by molar-refractivity contribution is 5.85. The van der Waals surface area contributed by atoms with Crippen molar-refractivity contribution in [1.29, 1.82) is 0 Å². The lowest BCUT2D eigenvalue weighted by molar-refractivity contribution is -0.153. The second kappa shape index (κ2) is 6.23. The number of hydrogen-bond acceptors (Lipinski definition) is 2. The Labute approximate surface area is 104 Å². The van der Waals surface area contributed by atoms with E-state index >= 15 is 0 Å². The van der Waals surface area contributed by atoms with Crippen molar-refractivity contribution in [3.8, 4) is 0 Å². The largest absolute Gasteiger partial charge is 0.403 e. The first-order valence-corrected chi connectivity index (χ1v) is 4.88. The molecule has 1 aromatic carbocycles. The van der Waals surface area contributed by atoms with E-state index in [9.17, 15) is 18.3 Å². The number of halogens is 4. The third kappa shape index (κ3) is 4.53. The molecule has 17 heavy (non-hydrogen) atoms. The minimum Gasteiger partial charge on any atom is -0.388 e. The monoisotopic (exact) mass is 269 g/mol. The lowest BCUT2D eigenvalue weighted by atomic mass is 9.98. The van der Waals surface area contributed by atoms with Gasteiger partial charge in [0.25, 0.3) is 0 Å². The van der Waals surface area contributed by atoms with Crippen LogP contribution in [-0.2, 0) is 0 Å². The van der Waals surface area contributed by atoms with E-state index in [4.69, 9.17) is 5.73 Å². The first-order valence-electron chi connectivity index (χ1n) is 4.88. The summed E-state index contributed by atoms with van der Waals surface area (Å²) in [6.07, 6.45) is -6.17. The molecular formula is C11H15ClF3NO. The molecular weight excluding hydrogens is 255 g/mol. The fraction of sp³-hybridized carbons (Fsp3) is 0.455. The van der Waals surface area contributed by atoms with Gasteiger partial charge in [0.15, 0.2) is 0 Å². The van der Waals surface area contributed by atoms with Gasteiger partial charge in [0.2, 0.25) is 0 Å². The number of aryl methyl sites for hydroxylation is 1. The van der Waals surface area contributed by atoms with E-state index in [-0.39, 0.29) is 12.4 Å². The van der Waals surface area contributed by atoms with Crippen LogP contribution in [0.15, 0.2) is 24.3 Å². The van der Waals surface area contributed by atoms with Crippen LogP contribution in [0, 0.1) is 6.92 Å². The van der Waals surface area contributed by atoms with Gasteiger partial charge in [0, 0.05) is 6.42 Å². The maximum absolute atomic E-state index is 12.2. The van der Waals surface area contributed by atoms with E-state index in [0.29, 0.717) is 5.56 Å². The third-order valence-electron chi connectivity index (χ3n) is 2.45. The fourth-order valence-corrected chi connectivity index (χ4v) is 1.46. The number of alkyl halides is 3. The van der Waals surface area contributed by atoms with E-state index in [1.807, 2.05) is 0 Å². The van der Waals surface area contributed by atoms with Crippen LogP contribution in [0.1, 0.15) is 23.7 Å². The highest BCUT2D eigenvalue weighted by atomic mass is 35.5. The van der Waals surface area contributed by atoms with Gasteiger partial charge < -0.3 is 10.8 Å². The molecule has 1 rings (SSSR count). The zero-order valence-electron chi connectivity index (χ0n) is 9.24. The normalized spacial score (nSPS) is 14.9. The smallest absolute Gasteiger partial charge is 0.388 e. The Balaban J connectivity index is 0.00000256. The quantitative estimate of drug-likeness (QED) is 0.886. The van der Waals surface area contributed by atoms with Crippen LogP contribution < -0.4 is 5.73 Å². The van der Waals surface area contributed by atoms with E-state index in [0.717, 1.165) is 5.56 Å². The van der Waals surface area contributed by atoms with Crippen LogP contribution in [0.25, 0.3) is 0 Å². The van der Waals surface area contributed by atoms with E-state index in [2.05, 4.69) is 0 Å². The molecule has 0 aliphatic rings. The van der Waals surface area contributed by atoms with Crippen molar-refractivity contribution < 1.29 is 18.3 Å². The predicted molar refractivity (Wildman–Crippen MR) is 62.0 cm³/mol. The Hall–Kier alpha value is -0.780. The molecule has 6 heteroatoms. The summed E-state index contributed by atoms with van der Waals surface area (Å²) in [5, 5.41) is 9.66. The topological polar surface area (TPSA) is 46.2 Å². The van der Waals surface area contributed by atoms with Crippen LogP contribution in [-0.4, -0.2) is 17.3 Å². The van der Waals surface area contributed by atoms with Gasteiger partial charge in [-0.15, -0.1) is 12.4 Å². The van der Waals surface area contributed by atoms with Crippen molar-refractivity contribution in [2.75, 3.05) is 0 Å². The molecule has 0 heterocycles. The van der Waals surface area contributed by atoms with Crippen LogP contribution in [0.5, 0.6) is 0 Å².